The molecule has 0 unspecified atom stereocenters. The van der Waals surface area contributed by atoms with Crippen LogP contribution >= 0.6 is 62.3 Å². The number of benzene rings is 1. The molecule has 0 aromatic heterocycles. The Morgan fingerprint density at radius 3 is 2.00 bits per heavy atom. The van der Waals surface area contributed by atoms with Crippen LogP contribution in [0.5, 0.6) is 0 Å². The minimum atomic E-state index is -0.573. The molecule has 18 heavy (non-hydrogen) atoms. The van der Waals surface area contributed by atoms with Crippen LogP contribution in [0.25, 0.3) is 0 Å². The van der Waals surface area contributed by atoms with Crippen LogP contribution in [0.1, 0.15) is 0 Å². The summed E-state index contributed by atoms with van der Waals surface area (Å²) in [5.41, 5.74) is 0.593. The third-order valence-corrected chi connectivity index (χ3v) is 4.00. The Bertz CT molecular complexity index is 509. The van der Waals surface area contributed by atoms with E-state index in [1.54, 1.807) is 24.3 Å². The van der Waals surface area contributed by atoms with Gasteiger partial charge in [0.1, 0.15) is 8.97 Å². The van der Waals surface area contributed by atoms with Crippen molar-refractivity contribution in [2.75, 3.05) is 5.32 Å². The largest absolute Gasteiger partial charge is 0.321 e. The topological polar surface area (TPSA) is 29.1 Å². The molecule has 1 amide bonds. The average Bonchev–Trinajstić information content (AvgIpc) is 2.37. The molecule has 0 aliphatic heterocycles. The van der Waals surface area contributed by atoms with E-state index in [4.69, 9.17) is 46.4 Å². The molecule has 0 bridgehead atoms. The Morgan fingerprint density at radius 2 is 1.50 bits per heavy atom. The fourth-order valence-electron chi connectivity index (χ4n) is 0.986. The van der Waals surface area contributed by atoms with Crippen LogP contribution < -0.4 is 5.32 Å². The molecule has 0 fully saturated rings. The van der Waals surface area contributed by atoms with Crippen LogP contribution in [-0.2, 0) is 4.79 Å². The Balaban J connectivity index is 2.92. The van der Waals surface area contributed by atoms with Crippen molar-refractivity contribution in [2.24, 2.45) is 0 Å². The Labute approximate surface area is 133 Å². The summed E-state index contributed by atoms with van der Waals surface area (Å²) in [5, 5.41) is 2.15. The molecule has 0 aliphatic carbocycles. The van der Waals surface area contributed by atoms with Gasteiger partial charge in [-0.25, -0.2) is 0 Å². The molecule has 1 aromatic carbocycles. The Morgan fingerprint density at radius 1 is 0.944 bits per heavy atom. The highest BCUT2D eigenvalue weighted by molar-refractivity contribution is 9.12. The van der Waals surface area contributed by atoms with Crippen molar-refractivity contribution in [2.45, 2.75) is 0 Å². The van der Waals surface area contributed by atoms with Crippen LogP contribution in [0.4, 0.5) is 5.69 Å². The first-order valence-electron chi connectivity index (χ1n) is 4.56. The number of nitrogens with one attached hydrogen (secondary N) is 1. The normalized spacial score (nSPS) is 13.6. The zero-order valence-electron chi connectivity index (χ0n) is 8.68. The third-order valence-electron chi connectivity index (χ3n) is 1.78. The van der Waals surface area contributed by atoms with Crippen LogP contribution in [0.2, 0.25) is 0 Å². The van der Waals surface area contributed by atoms with E-state index < -0.39 is 5.91 Å². The molecule has 1 N–H and O–H groups in total. The maximum atomic E-state index is 11.8. The van der Waals surface area contributed by atoms with E-state index >= 15 is 0 Å². The standard InChI is InChI=1S/C11H6BrCl4NO/c12-10(16)8(14)7(13)9(15)11(18)17-6-4-2-1-3-5-6/h1-5H,(H,17,18)/b9-7-,10-8+. The maximum Gasteiger partial charge on any atom is 0.268 e. The Hall–Kier alpha value is -0.190. The molecule has 7 heteroatoms. The first kappa shape index (κ1) is 15.9. The first-order chi connectivity index (χ1) is 8.43. The van der Waals surface area contributed by atoms with Crippen molar-refractivity contribution in [3.05, 3.63) is 49.4 Å². The van der Waals surface area contributed by atoms with Gasteiger partial charge in [-0.15, -0.1) is 0 Å². The van der Waals surface area contributed by atoms with Gasteiger partial charge in [0.15, 0.2) is 0 Å². The number of anilines is 1. The quantitative estimate of drug-likeness (QED) is 0.547. The number of carbonyl (C=O) groups excluding carboxylic acids is 1. The van der Waals surface area contributed by atoms with Gasteiger partial charge in [-0.2, -0.15) is 0 Å². The second-order valence-corrected chi connectivity index (χ2v) is 5.78. The van der Waals surface area contributed by atoms with Gasteiger partial charge in [0.25, 0.3) is 5.91 Å². The van der Waals surface area contributed by atoms with Gasteiger partial charge < -0.3 is 5.32 Å². The number of carbonyl (C=O) groups is 1. The molecule has 0 saturated carbocycles. The minimum Gasteiger partial charge on any atom is -0.321 e. The predicted octanol–water partition coefficient (Wildman–Crippen LogP) is 5.36. The zero-order chi connectivity index (χ0) is 13.7. The van der Waals surface area contributed by atoms with Crippen molar-refractivity contribution < 1.29 is 4.79 Å². The molecule has 0 spiro atoms. The van der Waals surface area contributed by atoms with Crippen molar-refractivity contribution in [3.8, 4) is 0 Å². The van der Waals surface area contributed by atoms with E-state index in [0.717, 1.165) is 0 Å². The highest BCUT2D eigenvalue weighted by Gasteiger charge is 2.16. The molecule has 0 heterocycles. The maximum absolute atomic E-state index is 11.8. The summed E-state index contributed by atoms with van der Waals surface area (Å²) in [6.45, 7) is 0. The van der Waals surface area contributed by atoms with Gasteiger partial charge in [0, 0.05) is 5.69 Å². The fourth-order valence-corrected chi connectivity index (χ4v) is 1.91. The molecule has 1 rings (SSSR count). The van der Waals surface area contributed by atoms with Gasteiger partial charge in [0.05, 0.1) is 10.1 Å². The van der Waals surface area contributed by atoms with Crippen LogP contribution in [0.3, 0.4) is 0 Å². The van der Waals surface area contributed by atoms with Gasteiger partial charge in [-0.1, -0.05) is 64.6 Å². The molecular weight excluding hydrogens is 384 g/mol. The summed E-state index contributed by atoms with van der Waals surface area (Å²) in [4.78, 5) is 11.8. The number of amides is 1. The van der Waals surface area contributed by atoms with Crippen molar-refractivity contribution in [1.29, 1.82) is 0 Å². The fraction of sp³-hybridized carbons (Fsp3) is 0. The smallest absolute Gasteiger partial charge is 0.268 e. The van der Waals surface area contributed by atoms with E-state index in [2.05, 4.69) is 21.2 Å². The second-order valence-electron chi connectivity index (χ2n) is 3.02. The molecular formula is C11H6BrCl4NO. The van der Waals surface area contributed by atoms with Gasteiger partial charge in [-0.05, 0) is 28.1 Å². The molecule has 0 aliphatic rings. The average molecular weight is 390 g/mol. The monoisotopic (exact) mass is 387 g/mol. The second kappa shape index (κ2) is 7.41. The molecule has 0 saturated heterocycles. The summed E-state index contributed by atoms with van der Waals surface area (Å²) in [6.07, 6.45) is 0. The molecule has 0 atom stereocenters. The lowest BCUT2D eigenvalue weighted by molar-refractivity contribution is -0.112. The van der Waals surface area contributed by atoms with Crippen LogP contribution in [-0.4, -0.2) is 5.91 Å². The molecule has 1 aromatic rings. The van der Waals surface area contributed by atoms with Gasteiger partial charge in [-0.3, -0.25) is 4.79 Å². The van der Waals surface area contributed by atoms with E-state index in [-0.39, 0.29) is 19.0 Å². The Kier molecular flexibility index (Phi) is 6.53. The summed E-state index contributed by atoms with van der Waals surface area (Å²) in [5.74, 6) is -0.573. The highest BCUT2D eigenvalue weighted by atomic mass is 79.9. The van der Waals surface area contributed by atoms with Crippen molar-refractivity contribution >= 4 is 73.9 Å². The first-order valence-corrected chi connectivity index (χ1v) is 6.86. The highest BCUT2D eigenvalue weighted by Crippen LogP contribution is 2.32. The van der Waals surface area contributed by atoms with E-state index in [1.807, 2.05) is 6.07 Å². The molecule has 0 radical (unpaired) electrons. The van der Waals surface area contributed by atoms with E-state index in [9.17, 15) is 4.79 Å². The van der Waals surface area contributed by atoms with Crippen molar-refractivity contribution in [1.82, 2.24) is 0 Å². The van der Waals surface area contributed by atoms with E-state index in [0.29, 0.717) is 5.69 Å². The van der Waals surface area contributed by atoms with Crippen LogP contribution in [0, 0.1) is 0 Å². The number of halogens is 5. The van der Waals surface area contributed by atoms with Gasteiger partial charge in [0.2, 0.25) is 0 Å². The lowest BCUT2D eigenvalue weighted by Crippen LogP contribution is -2.12. The lowest BCUT2D eigenvalue weighted by atomic mass is 10.3. The number of allylic oxidation sites excluding steroid dienone is 2. The molecule has 2 nitrogen and oxygen atoms in total. The number of rotatable bonds is 3. The van der Waals surface area contributed by atoms with E-state index in [1.165, 1.54) is 0 Å². The predicted molar refractivity (Wildman–Crippen MR) is 81.5 cm³/mol. The van der Waals surface area contributed by atoms with Crippen LogP contribution in [0.15, 0.2) is 49.4 Å². The number of hydrogen-bond acceptors (Lipinski definition) is 1. The van der Waals surface area contributed by atoms with Crippen molar-refractivity contribution in [3.63, 3.8) is 0 Å². The lowest BCUT2D eigenvalue weighted by Gasteiger charge is -2.05. The zero-order valence-corrected chi connectivity index (χ0v) is 13.3. The summed E-state index contributed by atoms with van der Waals surface area (Å²) in [6, 6.07) is 8.80. The number of para-hydroxylation sites is 1. The summed E-state index contributed by atoms with van der Waals surface area (Å²) < 4.78 is 0.0693. The summed E-state index contributed by atoms with van der Waals surface area (Å²) >= 11 is 25.9. The SMILES string of the molecule is O=C(Nc1ccccc1)/C(Cl)=C(Cl)\C(Cl)=C(/Cl)Br. The molecule has 96 valence electrons. The number of hydrogen-bond donors (Lipinski definition) is 1. The summed E-state index contributed by atoms with van der Waals surface area (Å²) in [7, 11) is 0. The third kappa shape index (κ3) is 4.48. The van der Waals surface area contributed by atoms with Gasteiger partial charge >= 0.3 is 0 Å². The minimum absolute atomic E-state index is 0.0356.